The number of carbonyl (C=O) groups excluding carboxylic acids is 1. The fraction of sp³-hybridized carbons (Fsp3) is 0.500. The molecule has 2 aliphatic rings. The van der Waals surface area contributed by atoms with E-state index in [0.717, 1.165) is 24.8 Å². The van der Waals surface area contributed by atoms with Gasteiger partial charge in [0.05, 0.1) is 18.7 Å². The number of hydrogen-bond donors (Lipinski definition) is 2. The Hall–Kier alpha value is -2.32. The predicted octanol–water partition coefficient (Wildman–Crippen LogP) is 3.03. The Bertz CT molecular complexity index is 690. The van der Waals surface area contributed by atoms with E-state index in [-0.39, 0.29) is 24.6 Å². The highest BCUT2D eigenvalue weighted by atomic mass is 16.3. The molecule has 3 rings (SSSR count). The topological polar surface area (TPSA) is 76.4 Å². The predicted molar refractivity (Wildman–Crippen MR) is 96.8 cm³/mol. The number of nitrogens with zero attached hydrogens (tertiary/aromatic N) is 2. The average molecular weight is 339 g/mol. The maximum atomic E-state index is 12.3. The van der Waals surface area contributed by atoms with Gasteiger partial charge in [-0.2, -0.15) is 5.26 Å². The number of benzene rings is 1. The molecule has 25 heavy (non-hydrogen) atoms. The first-order chi connectivity index (χ1) is 12.2. The highest BCUT2D eigenvalue weighted by Gasteiger charge is 2.51. The molecule has 1 saturated heterocycles. The molecule has 1 aliphatic heterocycles. The Morgan fingerprint density at radius 3 is 2.72 bits per heavy atom. The van der Waals surface area contributed by atoms with Crippen LogP contribution in [0, 0.1) is 11.3 Å². The summed E-state index contributed by atoms with van der Waals surface area (Å²) in [6.07, 6.45) is 6.59. The van der Waals surface area contributed by atoms with Gasteiger partial charge in [-0.15, -0.1) is 0 Å². The van der Waals surface area contributed by atoms with Gasteiger partial charge >= 0.3 is 6.03 Å². The van der Waals surface area contributed by atoms with Crippen LogP contribution in [0.5, 0.6) is 0 Å². The quantitative estimate of drug-likeness (QED) is 0.866. The normalized spacial score (nSPS) is 25.1. The van der Waals surface area contributed by atoms with Crippen LogP contribution in [0.15, 0.2) is 30.3 Å². The molecule has 0 radical (unpaired) electrons. The van der Waals surface area contributed by atoms with E-state index in [1.165, 1.54) is 22.5 Å². The van der Waals surface area contributed by atoms with Crippen LogP contribution in [0.1, 0.15) is 49.7 Å². The van der Waals surface area contributed by atoms with E-state index in [9.17, 15) is 15.2 Å². The summed E-state index contributed by atoms with van der Waals surface area (Å²) >= 11 is 0. The van der Waals surface area contributed by atoms with Crippen molar-refractivity contribution in [3.8, 4) is 6.07 Å². The molecule has 1 aromatic carbocycles. The minimum Gasteiger partial charge on any atom is -0.394 e. The second-order valence-electron chi connectivity index (χ2n) is 6.73. The van der Waals surface area contributed by atoms with Gasteiger partial charge in [-0.05, 0) is 42.4 Å². The van der Waals surface area contributed by atoms with E-state index in [2.05, 4.69) is 29.6 Å². The van der Waals surface area contributed by atoms with E-state index >= 15 is 0 Å². The Morgan fingerprint density at radius 1 is 1.40 bits per heavy atom. The number of aliphatic hydroxyl groups is 1. The summed E-state index contributed by atoms with van der Waals surface area (Å²) in [6.45, 7) is 2.40. The fourth-order valence-corrected chi connectivity index (χ4v) is 3.86. The van der Waals surface area contributed by atoms with Crippen LogP contribution < -0.4 is 5.32 Å². The summed E-state index contributed by atoms with van der Waals surface area (Å²) < 4.78 is 0. The van der Waals surface area contributed by atoms with Gasteiger partial charge in [-0.3, -0.25) is 0 Å². The minimum absolute atomic E-state index is 0.144. The number of urea groups is 1. The summed E-state index contributed by atoms with van der Waals surface area (Å²) in [4.78, 5) is 13.8. The van der Waals surface area contributed by atoms with E-state index in [0.29, 0.717) is 6.54 Å². The van der Waals surface area contributed by atoms with Gasteiger partial charge in [0.15, 0.2) is 0 Å². The standard InChI is InChI=1S/C20H25N3O2/c1-2-11-22-20(25)23-17(12-21)19(18(23)13-24)16-9-7-15(8-10-16)14-5-3-4-6-14/h5,7-10,17-19,24H,2-4,6,11,13H2,1H3,(H,22,25)/t17-,18-,19-/m1/s1. The Labute approximate surface area is 148 Å². The molecule has 0 unspecified atom stereocenters. The molecule has 2 amide bonds. The molecule has 0 aromatic heterocycles. The number of amides is 2. The number of aliphatic hydroxyl groups excluding tert-OH is 1. The van der Waals surface area contributed by atoms with E-state index < -0.39 is 6.04 Å². The van der Waals surface area contributed by atoms with E-state index in [4.69, 9.17) is 0 Å². The Kier molecular flexibility index (Phi) is 5.40. The highest BCUT2D eigenvalue weighted by molar-refractivity contribution is 5.77. The van der Waals surface area contributed by atoms with Crippen LogP contribution in [0.4, 0.5) is 4.79 Å². The summed E-state index contributed by atoms with van der Waals surface area (Å²) in [5.41, 5.74) is 3.62. The zero-order valence-electron chi connectivity index (χ0n) is 14.6. The van der Waals surface area contributed by atoms with Gasteiger partial charge in [0.2, 0.25) is 0 Å². The van der Waals surface area contributed by atoms with Crippen molar-refractivity contribution in [2.45, 2.75) is 50.6 Å². The molecule has 3 atom stereocenters. The molecular formula is C20H25N3O2. The Balaban J connectivity index is 1.77. The first-order valence-corrected chi connectivity index (χ1v) is 9.07. The lowest BCUT2D eigenvalue weighted by Crippen LogP contribution is -2.67. The number of likely N-dealkylation sites (tertiary alicyclic amines) is 1. The van der Waals surface area contributed by atoms with Gasteiger partial charge in [-0.25, -0.2) is 4.79 Å². The molecule has 5 heteroatoms. The van der Waals surface area contributed by atoms with Crippen LogP contribution in [0.3, 0.4) is 0 Å². The molecule has 0 spiro atoms. The van der Waals surface area contributed by atoms with Crippen LogP contribution >= 0.6 is 0 Å². The summed E-state index contributed by atoms with van der Waals surface area (Å²) in [7, 11) is 0. The van der Waals surface area contributed by atoms with Gasteiger partial charge < -0.3 is 15.3 Å². The third kappa shape index (κ3) is 3.27. The molecule has 5 nitrogen and oxygen atoms in total. The zero-order chi connectivity index (χ0) is 17.8. The average Bonchev–Trinajstić information content (AvgIpc) is 3.15. The van der Waals surface area contributed by atoms with Gasteiger partial charge in [0.25, 0.3) is 0 Å². The van der Waals surface area contributed by atoms with Crippen LogP contribution in [0.25, 0.3) is 5.57 Å². The van der Waals surface area contributed by atoms with E-state index in [1.54, 1.807) is 0 Å². The zero-order valence-corrected chi connectivity index (χ0v) is 14.6. The van der Waals surface area contributed by atoms with Crippen molar-refractivity contribution >= 4 is 11.6 Å². The monoisotopic (exact) mass is 339 g/mol. The Morgan fingerprint density at radius 2 is 2.16 bits per heavy atom. The maximum absolute atomic E-state index is 12.3. The minimum atomic E-state index is -0.537. The number of rotatable bonds is 5. The highest BCUT2D eigenvalue weighted by Crippen LogP contribution is 2.41. The number of nitrogens with one attached hydrogen (secondary N) is 1. The van der Waals surface area contributed by atoms with Gasteiger partial charge in [-0.1, -0.05) is 37.3 Å². The lowest BCUT2D eigenvalue weighted by molar-refractivity contribution is 0.0169. The van der Waals surface area contributed by atoms with Crippen molar-refractivity contribution in [2.75, 3.05) is 13.2 Å². The van der Waals surface area contributed by atoms with Crippen LogP contribution in [-0.2, 0) is 0 Å². The first kappa shape index (κ1) is 17.5. The fourth-order valence-electron chi connectivity index (χ4n) is 3.86. The van der Waals surface area contributed by atoms with Crippen LogP contribution in [0.2, 0.25) is 0 Å². The molecule has 1 fully saturated rings. The van der Waals surface area contributed by atoms with Crippen LogP contribution in [-0.4, -0.2) is 41.3 Å². The molecule has 1 heterocycles. The van der Waals surface area contributed by atoms with Crippen molar-refractivity contribution in [2.24, 2.45) is 0 Å². The third-order valence-electron chi connectivity index (χ3n) is 5.20. The first-order valence-electron chi connectivity index (χ1n) is 9.07. The molecule has 0 saturated carbocycles. The largest absolute Gasteiger partial charge is 0.394 e. The third-order valence-corrected chi connectivity index (χ3v) is 5.20. The van der Waals surface area contributed by atoms with Crippen molar-refractivity contribution in [1.29, 1.82) is 5.26 Å². The summed E-state index contributed by atoms with van der Waals surface area (Å²) in [6, 6.07) is 9.34. The van der Waals surface area contributed by atoms with Crippen molar-refractivity contribution in [3.05, 3.63) is 41.5 Å². The lowest BCUT2D eigenvalue weighted by atomic mass is 9.75. The summed E-state index contributed by atoms with van der Waals surface area (Å²) in [5.74, 6) is -0.144. The molecule has 1 aromatic rings. The lowest BCUT2D eigenvalue weighted by Gasteiger charge is -2.51. The number of carbonyl (C=O) groups is 1. The number of hydrogen-bond acceptors (Lipinski definition) is 3. The molecule has 0 bridgehead atoms. The molecule has 1 aliphatic carbocycles. The van der Waals surface area contributed by atoms with Gasteiger partial charge in [0, 0.05) is 12.5 Å². The van der Waals surface area contributed by atoms with Crippen molar-refractivity contribution < 1.29 is 9.90 Å². The second-order valence-corrected chi connectivity index (χ2v) is 6.73. The number of nitriles is 1. The van der Waals surface area contributed by atoms with Crippen molar-refractivity contribution in [3.63, 3.8) is 0 Å². The molecule has 2 N–H and O–H groups in total. The SMILES string of the molecule is CCCNC(=O)N1[C@H](C#N)[C@@H](c2ccc(C3=CCCC3)cc2)[C@H]1CO. The molecular weight excluding hydrogens is 314 g/mol. The smallest absolute Gasteiger partial charge is 0.318 e. The second kappa shape index (κ2) is 7.71. The number of allylic oxidation sites excluding steroid dienone is 2. The maximum Gasteiger partial charge on any atom is 0.318 e. The summed E-state index contributed by atoms with van der Waals surface area (Å²) in [5, 5.41) is 22.1. The molecule has 132 valence electrons. The van der Waals surface area contributed by atoms with E-state index in [1.807, 2.05) is 19.1 Å². The van der Waals surface area contributed by atoms with Gasteiger partial charge in [0.1, 0.15) is 6.04 Å². The van der Waals surface area contributed by atoms with Crippen molar-refractivity contribution in [1.82, 2.24) is 10.2 Å².